The van der Waals surface area contributed by atoms with E-state index in [9.17, 15) is 14.7 Å². The van der Waals surface area contributed by atoms with Crippen molar-refractivity contribution in [1.82, 2.24) is 0 Å². The first kappa shape index (κ1) is 28.5. The van der Waals surface area contributed by atoms with Gasteiger partial charge in [0.2, 0.25) is 0 Å². The molecule has 3 aliphatic carbocycles. The van der Waals surface area contributed by atoms with Crippen molar-refractivity contribution in [3.8, 4) is 0 Å². The summed E-state index contributed by atoms with van der Waals surface area (Å²) in [6.45, 7) is 8.40. The van der Waals surface area contributed by atoms with Gasteiger partial charge in [-0.15, -0.1) is 0 Å². The topological polar surface area (TPSA) is 124 Å². The fraction of sp³-hybridized carbons (Fsp3) is 0.733. The SMILES string of the molecule is CC1=CC2O[C@@H]3C[C@H]4OC(=O)/C=C\C=C\C(C)OCCC(C)[C@@H](O)C(=O)OC[C@@]2(CC1)[C@]4(C)C12CC31O2.CO. The summed E-state index contributed by atoms with van der Waals surface area (Å²) in [5.41, 5.74) is -0.834. The molecule has 4 aliphatic heterocycles. The number of cyclic esters (lactones) is 1. The van der Waals surface area contributed by atoms with Gasteiger partial charge in [-0.25, -0.2) is 9.59 Å². The summed E-state index contributed by atoms with van der Waals surface area (Å²) >= 11 is 0. The third-order valence-electron chi connectivity index (χ3n) is 10.3. The van der Waals surface area contributed by atoms with E-state index in [2.05, 4.69) is 19.9 Å². The molecule has 0 aromatic heterocycles. The molecule has 0 aromatic rings. The van der Waals surface area contributed by atoms with Crippen molar-refractivity contribution in [2.75, 3.05) is 20.3 Å². The Kier molecular flexibility index (Phi) is 7.38. The molecule has 5 unspecified atom stereocenters. The van der Waals surface area contributed by atoms with Gasteiger partial charge in [0, 0.05) is 43.5 Å². The molecule has 0 aromatic carbocycles. The van der Waals surface area contributed by atoms with Crippen LogP contribution in [0.5, 0.6) is 0 Å². The molecule has 4 heterocycles. The standard InChI is InChI=1S/C29H38O8.CH4O/c1-17-9-11-27-16-34-25(32)24(31)18(2)10-12-33-19(3)7-5-6-8-23(30)36-20-14-22(35-21(27)13-17)28-15-29(28,37-28)26(20,27)4;1-2/h5-8,13,18-22,24,31H,9-12,14-16H2,1-4H3;2H,1H3/b7-5+,8-6-;/t18?,19?,20-,21?,22-,24-,26-,27-,28?,29?;/m1./s1. The second-order valence-corrected chi connectivity index (χ2v) is 12.2. The van der Waals surface area contributed by atoms with Crippen molar-refractivity contribution in [3.63, 3.8) is 0 Å². The Hall–Kier alpha value is -2.04. The average Bonchev–Trinajstić information content (AvgIpc) is 3.78. The molecule has 9 nitrogen and oxygen atoms in total. The molecule has 1 spiro atoms. The van der Waals surface area contributed by atoms with Gasteiger partial charge in [0.25, 0.3) is 0 Å². The lowest BCUT2D eigenvalue weighted by Gasteiger charge is -2.54. The summed E-state index contributed by atoms with van der Waals surface area (Å²) in [6, 6.07) is 0. The van der Waals surface area contributed by atoms with Crippen molar-refractivity contribution >= 4 is 11.9 Å². The zero-order chi connectivity index (χ0) is 28.2. The average molecular weight is 547 g/mol. The van der Waals surface area contributed by atoms with Crippen LogP contribution in [0, 0.1) is 16.7 Å². The second-order valence-electron chi connectivity index (χ2n) is 12.2. The predicted molar refractivity (Wildman–Crippen MR) is 140 cm³/mol. The number of aliphatic hydroxyl groups is 2. The lowest BCUT2D eigenvalue weighted by atomic mass is 9.51. The van der Waals surface area contributed by atoms with Crippen molar-refractivity contribution in [1.29, 1.82) is 0 Å². The Morgan fingerprint density at radius 3 is 2.59 bits per heavy atom. The molecule has 4 bridgehead atoms. The maximum atomic E-state index is 13.1. The predicted octanol–water partition coefficient (Wildman–Crippen LogP) is 2.78. The van der Waals surface area contributed by atoms with Crippen LogP contribution in [0.25, 0.3) is 0 Å². The van der Waals surface area contributed by atoms with Crippen LogP contribution in [-0.4, -0.2) is 84.2 Å². The molecule has 0 amide bonds. The molecule has 0 radical (unpaired) electrons. The number of carbonyl (C=O) groups is 2. The maximum Gasteiger partial charge on any atom is 0.335 e. The Morgan fingerprint density at radius 1 is 1.10 bits per heavy atom. The van der Waals surface area contributed by atoms with Gasteiger partial charge in [-0.3, -0.25) is 0 Å². The first-order valence-electron chi connectivity index (χ1n) is 14.1. The Balaban J connectivity index is 0.00000151. The zero-order valence-electron chi connectivity index (χ0n) is 23.6. The number of esters is 2. The molecule has 2 N–H and O–H groups in total. The van der Waals surface area contributed by atoms with Gasteiger partial charge in [-0.05, 0) is 39.0 Å². The van der Waals surface area contributed by atoms with E-state index < -0.39 is 40.6 Å². The maximum absolute atomic E-state index is 13.1. The highest BCUT2D eigenvalue weighted by atomic mass is 16.7. The molecule has 216 valence electrons. The van der Waals surface area contributed by atoms with E-state index in [4.69, 9.17) is 28.8 Å². The van der Waals surface area contributed by atoms with Crippen LogP contribution in [0.15, 0.2) is 36.0 Å². The Bertz CT molecular complexity index is 1070. The van der Waals surface area contributed by atoms with Crippen molar-refractivity contribution in [2.24, 2.45) is 16.7 Å². The van der Waals surface area contributed by atoms with Crippen LogP contribution in [0.3, 0.4) is 0 Å². The van der Waals surface area contributed by atoms with Crippen molar-refractivity contribution < 1.29 is 43.5 Å². The van der Waals surface area contributed by atoms with Gasteiger partial charge in [0.05, 0.1) is 18.3 Å². The molecule has 9 heteroatoms. The van der Waals surface area contributed by atoms with Crippen molar-refractivity contribution in [2.45, 2.75) is 102 Å². The van der Waals surface area contributed by atoms with Crippen LogP contribution in [0.4, 0.5) is 0 Å². The van der Waals surface area contributed by atoms with E-state index in [0.717, 1.165) is 20.0 Å². The number of allylic oxidation sites excluding steroid dienone is 3. The summed E-state index contributed by atoms with van der Waals surface area (Å²) in [6.07, 6.45) is 9.93. The Labute approximate surface area is 230 Å². The molecule has 3 saturated heterocycles. The summed E-state index contributed by atoms with van der Waals surface area (Å²) in [7, 11) is 1.00. The summed E-state index contributed by atoms with van der Waals surface area (Å²) < 4.78 is 31.0. The minimum Gasteiger partial charge on any atom is -0.463 e. The number of hydrogen-bond acceptors (Lipinski definition) is 9. The van der Waals surface area contributed by atoms with E-state index in [0.29, 0.717) is 25.9 Å². The minimum absolute atomic E-state index is 0.0641. The lowest BCUT2D eigenvalue weighted by molar-refractivity contribution is -0.201. The molecular weight excluding hydrogens is 504 g/mol. The molecule has 7 rings (SSSR count). The minimum atomic E-state index is -1.26. The van der Waals surface area contributed by atoms with E-state index in [1.165, 1.54) is 11.6 Å². The third-order valence-corrected chi connectivity index (χ3v) is 10.3. The number of hydrogen-bond donors (Lipinski definition) is 2. The highest BCUT2D eigenvalue weighted by Crippen LogP contribution is 2.88. The van der Waals surface area contributed by atoms with E-state index in [1.54, 1.807) is 12.2 Å². The Morgan fingerprint density at radius 2 is 1.85 bits per heavy atom. The number of aliphatic hydroxyl groups excluding tert-OH is 2. The third kappa shape index (κ3) is 4.15. The highest BCUT2D eigenvalue weighted by Gasteiger charge is 3.01. The molecule has 10 atom stereocenters. The summed E-state index contributed by atoms with van der Waals surface area (Å²) in [4.78, 5) is 26.1. The number of carbonyl (C=O) groups excluding carboxylic acids is 2. The smallest absolute Gasteiger partial charge is 0.335 e. The molecular formula is C30H42O9. The fourth-order valence-corrected chi connectivity index (χ4v) is 7.68. The molecule has 5 fully saturated rings. The monoisotopic (exact) mass is 546 g/mol. The van der Waals surface area contributed by atoms with Crippen molar-refractivity contribution in [3.05, 3.63) is 36.0 Å². The second kappa shape index (κ2) is 10.1. The lowest BCUT2D eigenvalue weighted by Crippen LogP contribution is -2.62. The van der Waals surface area contributed by atoms with E-state index in [-0.39, 0.29) is 36.4 Å². The van der Waals surface area contributed by atoms with Crippen LogP contribution >= 0.6 is 0 Å². The van der Waals surface area contributed by atoms with Gasteiger partial charge < -0.3 is 33.9 Å². The van der Waals surface area contributed by atoms with E-state index in [1.807, 2.05) is 19.9 Å². The first-order valence-corrected chi connectivity index (χ1v) is 14.1. The van der Waals surface area contributed by atoms with Gasteiger partial charge >= 0.3 is 11.9 Å². The number of rotatable bonds is 0. The van der Waals surface area contributed by atoms with Crippen LogP contribution in [-0.2, 0) is 33.3 Å². The van der Waals surface area contributed by atoms with Gasteiger partial charge in [-0.1, -0.05) is 43.7 Å². The quantitative estimate of drug-likeness (QED) is 0.268. The molecule has 7 aliphatic rings. The summed E-state index contributed by atoms with van der Waals surface area (Å²) in [5.74, 6) is -1.38. The van der Waals surface area contributed by atoms with Crippen LogP contribution in [0.1, 0.15) is 59.8 Å². The normalized spacial score (nSPS) is 50.4. The van der Waals surface area contributed by atoms with Crippen LogP contribution < -0.4 is 0 Å². The van der Waals surface area contributed by atoms with Gasteiger partial charge in [-0.2, -0.15) is 0 Å². The highest BCUT2D eigenvalue weighted by molar-refractivity contribution is 5.82. The number of epoxide rings is 1. The summed E-state index contributed by atoms with van der Waals surface area (Å²) in [5, 5.41) is 17.8. The van der Waals surface area contributed by atoms with Gasteiger partial charge in [0.15, 0.2) is 6.10 Å². The van der Waals surface area contributed by atoms with Crippen LogP contribution in [0.2, 0.25) is 0 Å². The first-order chi connectivity index (χ1) is 18.6. The zero-order valence-corrected chi connectivity index (χ0v) is 23.6. The largest absolute Gasteiger partial charge is 0.463 e. The number of ether oxygens (including phenoxy) is 5. The molecule has 39 heavy (non-hydrogen) atoms. The van der Waals surface area contributed by atoms with Gasteiger partial charge in [0.1, 0.15) is 23.9 Å². The fourth-order valence-electron chi connectivity index (χ4n) is 7.68. The molecule has 2 saturated carbocycles. The van der Waals surface area contributed by atoms with E-state index >= 15 is 0 Å².